The van der Waals surface area contributed by atoms with Gasteiger partial charge in [0, 0.05) is 72.0 Å². The van der Waals surface area contributed by atoms with Gasteiger partial charge in [-0.3, -0.25) is 9.88 Å². The largest absolute Gasteiger partial charge is 0.496 e. The number of nitrogens with zero attached hydrogens (tertiary/aromatic N) is 3. The number of ether oxygens (including phenoxy) is 3. The van der Waals surface area contributed by atoms with Crippen molar-refractivity contribution >= 4 is 23.4 Å². The van der Waals surface area contributed by atoms with Crippen LogP contribution in [0.4, 0.5) is 5.69 Å². The van der Waals surface area contributed by atoms with Crippen LogP contribution in [0.3, 0.4) is 0 Å². The van der Waals surface area contributed by atoms with E-state index in [9.17, 15) is 0 Å². The molecule has 1 saturated heterocycles. The molecule has 3 aliphatic rings. The van der Waals surface area contributed by atoms with E-state index >= 15 is 0 Å². The summed E-state index contributed by atoms with van der Waals surface area (Å²) >= 11 is 6.38. The van der Waals surface area contributed by atoms with Gasteiger partial charge < -0.3 is 19.1 Å². The lowest BCUT2D eigenvalue weighted by atomic mass is 9.77. The number of hydrogen-bond acceptors (Lipinski definition) is 6. The second-order valence-electron chi connectivity index (χ2n) is 15.5. The maximum Gasteiger partial charge on any atom is 0.164 e. The third-order valence-corrected chi connectivity index (χ3v) is 12.2. The van der Waals surface area contributed by atoms with E-state index in [1.165, 1.54) is 71.2 Å². The quantitative estimate of drug-likeness (QED) is 0.113. The standard InChI is InChI=1S/C48H52ClN3O3/c1-5-34-24-38(26-45(53-2)47(34)36-9-7-10-36)40-23-33(28-50-29-40)30-51-20-18-43(19-21-51)52(42-16-14-41(49)15-17-42)31-32-8-6-11-37(22-32)39-25-44(35-12-13-35)48(55-4)46(27-39)54-3/h5-6,8,11,14-17,22-29,35-36,43H,1,7,9-10,12-13,18-21,30-31H2,2-4H3. The summed E-state index contributed by atoms with van der Waals surface area (Å²) in [5, 5.41) is 0.754. The molecular weight excluding hydrogens is 702 g/mol. The van der Waals surface area contributed by atoms with Gasteiger partial charge in [-0.2, -0.15) is 0 Å². The Morgan fingerprint density at radius 1 is 0.745 bits per heavy atom. The summed E-state index contributed by atoms with van der Waals surface area (Å²) < 4.78 is 17.5. The van der Waals surface area contributed by atoms with Crippen LogP contribution in [-0.4, -0.2) is 50.3 Å². The van der Waals surface area contributed by atoms with Gasteiger partial charge in [0.25, 0.3) is 0 Å². The number of benzene rings is 4. The number of hydrogen-bond donors (Lipinski definition) is 0. The first-order valence-electron chi connectivity index (χ1n) is 19.8. The molecule has 7 heteroatoms. The lowest BCUT2D eigenvalue weighted by Gasteiger charge is -2.40. The molecule has 2 saturated carbocycles. The van der Waals surface area contributed by atoms with Crippen LogP contribution in [0.25, 0.3) is 28.3 Å². The number of pyridine rings is 1. The molecule has 0 unspecified atom stereocenters. The highest BCUT2D eigenvalue weighted by molar-refractivity contribution is 6.30. The fraction of sp³-hybridized carbons (Fsp3) is 0.354. The van der Waals surface area contributed by atoms with Crippen LogP contribution in [0.2, 0.25) is 5.02 Å². The van der Waals surface area contributed by atoms with Crippen molar-refractivity contribution in [2.75, 3.05) is 39.3 Å². The normalized spacial score (nSPS) is 16.4. The Labute approximate surface area is 331 Å². The Kier molecular flexibility index (Phi) is 11.2. The number of rotatable bonds is 14. The number of anilines is 1. The molecule has 0 atom stereocenters. The van der Waals surface area contributed by atoms with Gasteiger partial charge in [0.05, 0.1) is 21.3 Å². The lowest BCUT2D eigenvalue weighted by molar-refractivity contribution is 0.200. The Balaban J connectivity index is 0.983. The van der Waals surface area contributed by atoms with Crippen LogP contribution in [0.5, 0.6) is 17.2 Å². The molecule has 0 bridgehead atoms. The van der Waals surface area contributed by atoms with Crippen LogP contribution in [0.1, 0.15) is 84.6 Å². The SMILES string of the molecule is C=Cc1cc(-c2cncc(CN3CCC(N(Cc4cccc(-c5cc(OC)c(OC)c(C6CC6)c5)c4)c4ccc(Cl)cc4)CC3)c2)cc(OC)c1C1CCC1. The molecule has 3 fully saturated rings. The minimum atomic E-state index is 0.395. The third-order valence-electron chi connectivity index (χ3n) is 12.0. The molecule has 284 valence electrons. The van der Waals surface area contributed by atoms with E-state index in [0.29, 0.717) is 17.9 Å². The lowest BCUT2D eigenvalue weighted by Crippen LogP contribution is -2.44. The molecule has 5 aromatic rings. The molecule has 2 heterocycles. The Morgan fingerprint density at radius 2 is 1.47 bits per heavy atom. The van der Waals surface area contributed by atoms with Crippen molar-refractivity contribution in [3.8, 4) is 39.5 Å². The zero-order valence-electron chi connectivity index (χ0n) is 32.4. The van der Waals surface area contributed by atoms with Crippen molar-refractivity contribution in [3.05, 3.63) is 131 Å². The molecule has 6 nitrogen and oxygen atoms in total. The zero-order chi connectivity index (χ0) is 37.9. The van der Waals surface area contributed by atoms with Gasteiger partial charge in [-0.1, -0.05) is 48.9 Å². The first-order valence-corrected chi connectivity index (χ1v) is 20.2. The zero-order valence-corrected chi connectivity index (χ0v) is 33.2. The number of aromatic nitrogens is 1. The first kappa shape index (κ1) is 37.2. The maximum absolute atomic E-state index is 6.38. The maximum atomic E-state index is 6.38. The van der Waals surface area contributed by atoms with E-state index in [-0.39, 0.29) is 0 Å². The number of methoxy groups -OCH3 is 3. The first-order chi connectivity index (χ1) is 26.9. The van der Waals surface area contributed by atoms with Gasteiger partial charge in [0.1, 0.15) is 5.75 Å². The minimum Gasteiger partial charge on any atom is -0.496 e. The predicted octanol–water partition coefficient (Wildman–Crippen LogP) is 11.6. The molecule has 1 aliphatic heterocycles. The van der Waals surface area contributed by atoms with E-state index in [2.05, 4.69) is 83.1 Å². The van der Waals surface area contributed by atoms with Crippen LogP contribution in [0, 0.1) is 0 Å². The van der Waals surface area contributed by atoms with Crippen molar-refractivity contribution in [1.82, 2.24) is 9.88 Å². The predicted molar refractivity (Wildman–Crippen MR) is 226 cm³/mol. The summed E-state index contributed by atoms with van der Waals surface area (Å²) in [4.78, 5) is 9.85. The van der Waals surface area contributed by atoms with Crippen LogP contribution < -0.4 is 19.1 Å². The topological polar surface area (TPSA) is 47.1 Å². The van der Waals surface area contributed by atoms with E-state index in [1.54, 1.807) is 21.3 Å². The number of likely N-dealkylation sites (tertiary alicyclic amines) is 1. The molecule has 0 amide bonds. The third kappa shape index (κ3) is 8.13. The summed E-state index contributed by atoms with van der Waals surface area (Å²) in [5.41, 5.74) is 12.0. The Hall–Kier alpha value is -4.78. The molecule has 2 aliphatic carbocycles. The van der Waals surface area contributed by atoms with E-state index < -0.39 is 0 Å². The second-order valence-corrected chi connectivity index (χ2v) is 15.9. The highest BCUT2D eigenvalue weighted by Gasteiger charge is 2.30. The highest BCUT2D eigenvalue weighted by Crippen LogP contribution is 2.49. The molecular formula is C48H52ClN3O3. The van der Waals surface area contributed by atoms with Gasteiger partial charge >= 0.3 is 0 Å². The fourth-order valence-electron chi connectivity index (χ4n) is 8.63. The van der Waals surface area contributed by atoms with Crippen molar-refractivity contribution in [3.63, 3.8) is 0 Å². The summed E-state index contributed by atoms with van der Waals surface area (Å²) in [6, 6.07) is 28.9. The van der Waals surface area contributed by atoms with Crippen LogP contribution in [0.15, 0.2) is 97.8 Å². The van der Waals surface area contributed by atoms with E-state index in [1.807, 2.05) is 30.6 Å². The van der Waals surface area contributed by atoms with Crippen molar-refractivity contribution in [1.29, 1.82) is 0 Å². The summed E-state index contributed by atoms with van der Waals surface area (Å²) in [7, 11) is 5.24. The Bertz CT molecular complexity index is 2130. The van der Waals surface area contributed by atoms with Crippen LogP contribution in [-0.2, 0) is 13.1 Å². The van der Waals surface area contributed by atoms with Gasteiger partial charge in [-0.15, -0.1) is 0 Å². The molecule has 0 spiro atoms. The van der Waals surface area contributed by atoms with Gasteiger partial charge in [-0.05, 0) is 144 Å². The number of halogens is 1. The van der Waals surface area contributed by atoms with E-state index in [4.69, 9.17) is 30.8 Å². The molecule has 0 radical (unpaired) electrons. The molecule has 1 aromatic heterocycles. The average molecular weight is 754 g/mol. The second kappa shape index (κ2) is 16.5. The van der Waals surface area contributed by atoms with E-state index in [0.717, 1.165) is 78.0 Å². The molecule has 8 rings (SSSR count). The van der Waals surface area contributed by atoms with Crippen molar-refractivity contribution < 1.29 is 14.2 Å². The summed E-state index contributed by atoms with van der Waals surface area (Å²) in [6.07, 6.45) is 14.2. The molecule has 55 heavy (non-hydrogen) atoms. The summed E-state index contributed by atoms with van der Waals surface area (Å²) in [6.45, 7) is 7.85. The van der Waals surface area contributed by atoms with Gasteiger partial charge in [-0.25, -0.2) is 0 Å². The van der Waals surface area contributed by atoms with Crippen molar-refractivity contribution in [2.24, 2.45) is 0 Å². The van der Waals surface area contributed by atoms with Crippen LogP contribution >= 0.6 is 11.6 Å². The van der Waals surface area contributed by atoms with Crippen molar-refractivity contribution in [2.45, 2.75) is 75.9 Å². The average Bonchev–Trinajstić information content (AvgIpc) is 4.06. The smallest absolute Gasteiger partial charge is 0.164 e. The summed E-state index contributed by atoms with van der Waals surface area (Å²) in [5.74, 6) is 3.73. The van der Waals surface area contributed by atoms with Gasteiger partial charge in [0.2, 0.25) is 0 Å². The Morgan fingerprint density at radius 3 is 2.15 bits per heavy atom. The van der Waals surface area contributed by atoms with Gasteiger partial charge in [0.15, 0.2) is 11.5 Å². The number of piperidine rings is 1. The monoisotopic (exact) mass is 753 g/mol. The fourth-order valence-corrected chi connectivity index (χ4v) is 8.76. The highest BCUT2D eigenvalue weighted by atomic mass is 35.5. The minimum absolute atomic E-state index is 0.395. The molecule has 0 N–H and O–H groups in total. The molecule has 4 aromatic carbocycles.